The Hall–Kier alpha value is -3.14. The molecule has 0 unspecified atom stereocenters. The summed E-state index contributed by atoms with van der Waals surface area (Å²) in [4.78, 5) is 11.9. The molecule has 0 aliphatic heterocycles. The number of aromatic hydroxyl groups is 1. The summed E-state index contributed by atoms with van der Waals surface area (Å²) in [5.41, 5.74) is 4.36. The molecule has 0 fully saturated rings. The van der Waals surface area contributed by atoms with Crippen LogP contribution in [-0.4, -0.2) is 16.7 Å². The fraction of sp³-hybridized carbons (Fsp3) is 0.0526. The van der Waals surface area contributed by atoms with E-state index in [1.165, 1.54) is 12.1 Å². The lowest BCUT2D eigenvalue weighted by Crippen LogP contribution is -2.18. The van der Waals surface area contributed by atoms with E-state index in [1.54, 1.807) is 25.1 Å². The number of carbonyl (C=O) groups is 1. The van der Waals surface area contributed by atoms with Crippen LogP contribution in [0, 0.1) is 0 Å². The molecule has 0 spiro atoms. The number of amides is 1. The highest BCUT2D eigenvalue weighted by molar-refractivity contribution is 5.99. The molecule has 0 heterocycles. The lowest BCUT2D eigenvalue weighted by atomic mass is 10.2. The normalized spacial score (nSPS) is 12.0. The number of hydrazone groups is 1. The summed E-state index contributed by atoms with van der Waals surface area (Å²) in [5, 5.41) is 13.6. The topological polar surface area (TPSA) is 61.7 Å². The number of para-hydroxylation sites is 1. The largest absolute Gasteiger partial charge is 0.507 e. The van der Waals surface area contributed by atoms with Crippen LogP contribution in [-0.2, 0) is 0 Å². The van der Waals surface area contributed by atoms with E-state index >= 15 is 0 Å². The van der Waals surface area contributed by atoms with Gasteiger partial charge in [0.1, 0.15) is 5.75 Å². The summed E-state index contributed by atoms with van der Waals surface area (Å²) < 4.78 is 0. The summed E-state index contributed by atoms with van der Waals surface area (Å²) in [6, 6.07) is 16.3. The Bertz CT molecular complexity index is 747. The highest BCUT2D eigenvalue weighted by Gasteiger charge is 2.08. The van der Waals surface area contributed by atoms with Crippen molar-refractivity contribution in [3.8, 4) is 5.75 Å². The molecule has 0 atom stereocenters. The molecule has 4 nitrogen and oxygen atoms in total. The highest BCUT2D eigenvalue weighted by atomic mass is 16.3. The van der Waals surface area contributed by atoms with Gasteiger partial charge in [-0.3, -0.25) is 4.79 Å². The summed E-state index contributed by atoms with van der Waals surface area (Å²) in [6.45, 7) is 1.78. The van der Waals surface area contributed by atoms with Crippen LogP contribution in [0.5, 0.6) is 5.75 Å². The molecule has 4 heteroatoms. The SMILES string of the molecule is CC(C=CC=Cc1ccccc1)=NNC(=O)c1ccccc1O. The van der Waals surface area contributed by atoms with E-state index in [4.69, 9.17) is 0 Å². The van der Waals surface area contributed by atoms with Gasteiger partial charge in [0.25, 0.3) is 5.91 Å². The zero-order valence-electron chi connectivity index (χ0n) is 12.8. The van der Waals surface area contributed by atoms with Gasteiger partial charge in [-0.15, -0.1) is 0 Å². The molecule has 1 amide bonds. The van der Waals surface area contributed by atoms with Gasteiger partial charge in [0.15, 0.2) is 0 Å². The number of rotatable bonds is 5. The van der Waals surface area contributed by atoms with Gasteiger partial charge in [-0.25, -0.2) is 5.43 Å². The first-order chi connectivity index (χ1) is 11.2. The second-order valence-electron chi connectivity index (χ2n) is 4.84. The van der Waals surface area contributed by atoms with E-state index < -0.39 is 5.91 Å². The smallest absolute Gasteiger partial charge is 0.275 e. The summed E-state index contributed by atoms with van der Waals surface area (Å²) in [6.07, 6.45) is 7.51. The first-order valence-electron chi connectivity index (χ1n) is 7.19. The van der Waals surface area contributed by atoms with Gasteiger partial charge in [-0.05, 0) is 30.7 Å². The number of allylic oxidation sites excluding steroid dienone is 3. The van der Waals surface area contributed by atoms with Crippen molar-refractivity contribution in [1.82, 2.24) is 5.43 Å². The molecular formula is C19H18N2O2. The molecular weight excluding hydrogens is 288 g/mol. The number of carbonyl (C=O) groups excluding carboxylic acids is 1. The van der Waals surface area contributed by atoms with Gasteiger partial charge in [-0.2, -0.15) is 5.10 Å². The van der Waals surface area contributed by atoms with Gasteiger partial charge < -0.3 is 5.11 Å². The zero-order chi connectivity index (χ0) is 16.5. The van der Waals surface area contributed by atoms with Crippen LogP contribution in [0.25, 0.3) is 6.08 Å². The molecule has 0 saturated carbocycles. The number of phenolic OH excluding ortho intramolecular Hbond substituents is 1. The fourth-order valence-corrected chi connectivity index (χ4v) is 1.83. The van der Waals surface area contributed by atoms with Crippen molar-refractivity contribution >= 4 is 17.7 Å². The quantitative estimate of drug-likeness (QED) is 0.502. The minimum Gasteiger partial charge on any atom is -0.507 e. The number of phenols is 1. The van der Waals surface area contributed by atoms with Gasteiger partial charge in [0.2, 0.25) is 0 Å². The molecule has 0 aliphatic carbocycles. The van der Waals surface area contributed by atoms with Crippen molar-refractivity contribution < 1.29 is 9.90 Å². The Morgan fingerprint density at radius 1 is 1.04 bits per heavy atom. The van der Waals surface area contributed by atoms with E-state index in [-0.39, 0.29) is 11.3 Å². The minimum absolute atomic E-state index is 0.0702. The Morgan fingerprint density at radius 3 is 2.48 bits per heavy atom. The monoisotopic (exact) mass is 306 g/mol. The van der Waals surface area contributed by atoms with Crippen LogP contribution in [0.1, 0.15) is 22.8 Å². The predicted octanol–water partition coefficient (Wildman–Crippen LogP) is 3.77. The minimum atomic E-state index is -0.448. The summed E-state index contributed by atoms with van der Waals surface area (Å²) >= 11 is 0. The molecule has 0 saturated heterocycles. The van der Waals surface area contributed by atoms with Crippen LogP contribution < -0.4 is 5.43 Å². The van der Waals surface area contributed by atoms with Crippen molar-refractivity contribution in [2.45, 2.75) is 6.92 Å². The maximum atomic E-state index is 11.9. The predicted molar refractivity (Wildman–Crippen MR) is 93.3 cm³/mol. The highest BCUT2D eigenvalue weighted by Crippen LogP contribution is 2.14. The van der Waals surface area contributed by atoms with E-state index in [9.17, 15) is 9.90 Å². The average Bonchev–Trinajstić information content (AvgIpc) is 2.58. The Balaban J connectivity index is 1.90. The summed E-state index contributed by atoms with van der Waals surface area (Å²) in [7, 11) is 0. The van der Waals surface area contributed by atoms with Crippen molar-refractivity contribution in [1.29, 1.82) is 0 Å². The van der Waals surface area contributed by atoms with E-state index in [2.05, 4.69) is 10.5 Å². The first kappa shape index (κ1) is 16.2. The molecule has 0 aromatic heterocycles. The molecule has 0 bridgehead atoms. The third-order valence-corrected chi connectivity index (χ3v) is 3.02. The third kappa shape index (κ3) is 5.28. The second-order valence-corrected chi connectivity index (χ2v) is 4.84. The third-order valence-electron chi connectivity index (χ3n) is 3.02. The maximum absolute atomic E-state index is 11.9. The van der Waals surface area contributed by atoms with E-state index in [0.717, 1.165) is 5.56 Å². The van der Waals surface area contributed by atoms with Crippen LogP contribution in [0.15, 0.2) is 77.9 Å². The Kier molecular flexibility index (Phi) is 5.89. The van der Waals surface area contributed by atoms with Crippen molar-refractivity contribution in [2.24, 2.45) is 5.10 Å². The number of benzene rings is 2. The van der Waals surface area contributed by atoms with E-state index in [1.807, 2.05) is 48.6 Å². The number of nitrogens with zero attached hydrogens (tertiary/aromatic N) is 1. The molecule has 23 heavy (non-hydrogen) atoms. The number of nitrogens with one attached hydrogen (secondary N) is 1. The molecule has 2 rings (SSSR count). The fourth-order valence-electron chi connectivity index (χ4n) is 1.83. The van der Waals surface area contributed by atoms with Gasteiger partial charge in [0.05, 0.1) is 11.3 Å². The Morgan fingerprint density at radius 2 is 1.74 bits per heavy atom. The summed E-state index contributed by atoms with van der Waals surface area (Å²) in [5.74, 6) is -0.519. The lowest BCUT2D eigenvalue weighted by molar-refractivity contribution is 0.0952. The van der Waals surface area contributed by atoms with Crippen molar-refractivity contribution in [2.75, 3.05) is 0 Å². The number of hydrogen-bond donors (Lipinski definition) is 2. The molecule has 2 aromatic carbocycles. The first-order valence-corrected chi connectivity index (χ1v) is 7.19. The van der Waals surface area contributed by atoms with Gasteiger partial charge in [0, 0.05) is 0 Å². The van der Waals surface area contributed by atoms with Gasteiger partial charge in [-0.1, -0.05) is 60.7 Å². The number of hydrogen-bond acceptors (Lipinski definition) is 3. The van der Waals surface area contributed by atoms with Gasteiger partial charge >= 0.3 is 0 Å². The van der Waals surface area contributed by atoms with Crippen LogP contribution >= 0.6 is 0 Å². The molecule has 0 aliphatic rings. The Labute approximate surface area is 135 Å². The van der Waals surface area contributed by atoms with E-state index in [0.29, 0.717) is 5.71 Å². The standard InChI is InChI=1S/C19H18N2O2/c1-15(9-5-6-12-16-10-3-2-4-11-16)20-21-19(23)17-13-7-8-14-18(17)22/h2-14,22H,1H3,(H,21,23). The van der Waals surface area contributed by atoms with Crippen molar-refractivity contribution in [3.63, 3.8) is 0 Å². The second kappa shape index (κ2) is 8.34. The van der Waals surface area contributed by atoms with Crippen LogP contribution in [0.3, 0.4) is 0 Å². The average molecular weight is 306 g/mol. The lowest BCUT2D eigenvalue weighted by Gasteiger charge is -2.02. The molecule has 0 radical (unpaired) electrons. The van der Waals surface area contributed by atoms with Crippen LogP contribution in [0.2, 0.25) is 0 Å². The zero-order valence-corrected chi connectivity index (χ0v) is 12.8. The molecule has 2 aromatic rings. The van der Waals surface area contributed by atoms with Crippen molar-refractivity contribution in [3.05, 3.63) is 84.0 Å². The molecule has 2 N–H and O–H groups in total. The maximum Gasteiger partial charge on any atom is 0.275 e. The van der Waals surface area contributed by atoms with Crippen LogP contribution in [0.4, 0.5) is 0 Å². The molecule has 116 valence electrons.